The molecule has 2 aromatic heterocycles. The minimum absolute atomic E-state index is 0.0391. The zero-order valence-electron chi connectivity index (χ0n) is 14.8. The van der Waals surface area contributed by atoms with Crippen molar-refractivity contribution in [1.29, 1.82) is 0 Å². The van der Waals surface area contributed by atoms with Crippen molar-refractivity contribution >= 4 is 22.8 Å². The number of amides is 1. The lowest BCUT2D eigenvalue weighted by molar-refractivity contribution is 0.0675. The van der Waals surface area contributed by atoms with Crippen molar-refractivity contribution in [2.75, 3.05) is 24.5 Å². The van der Waals surface area contributed by atoms with Crippen molar-refractivity contribution in [3.63, 3.8) is 0 Å². The van der Waals surface area contributed by atoms with Gasteiger partial charge in [0.25, 0.3) is 5.91 Å². The predicted octanol–water partition coefficient (Wildman–Crippen LogP) is 2.46. The molecule has 0 N–H and O–H groups in total. The second-order valence-corrected chi connectivity index (χ2v) is 6.63. The monoisotopic (exact) mass is 353 g/mol. The van der Waals surface area contributed by atoms with E-state index >= 15 is 0 Å². The number of para-hydroxylation sites is 1. The number of aryl methyl sites for hydroxylation is 1. The third kappa shape index (κ3) is 2.69. The third-order valence-electron chi connectivity index (χ3n) is 4.91. The molecule has 1 unspecified atom stereocenters. The third-order valence-corrected chi connectivity index (χ3v) is 4.91. The highest BCUT2D eigenvalue weighted by atomic mass is 19.1. The van der Waals surface area contributed by atoms with Gasteiger partial charge in [-0.15, -0.1) is 0 Å². The highest BCUT2D eigenvalue weighted by Crippen LogP contribution is 2.24. The number of carbonyl (C=O) groups is 1. The van der Waals surface area contributed by atoms with Gasteiger partial charge in [0.1, 0.15) is 11.3 Å². The van der Waals surface area contributed by atoms with Crippen molar-refractivity contribution in [3.05, 3.63) is 54.2 Å². The predicted molar refractivity (Wildman–Crippen MR) is 97.6 cm³/mol. The van der Waals surface area contributed by atoms with Gasteiger partial charge in [0.2, 0.25) is 0 Å². The molecule has 1 amide bonds. The molecular weight excluding hydrogens is 333 g/mol. The zero-order chi connectivity index (χ0) is 18.3. The number of hydrogen-bond acceptors (Lipinski definition) is 4. The summed E-state index contributed by atoms with van der Waals surface area (Å²) in [6.45, 7) is 3.70. The Morgan fingerprint density at radius 1 is 1.19 bits per heavy atom. The number of aromatic nitrogens is 3. The Hall–Kier alpha value is -2.96. The molecule has 0 aliphatic carbocycles. The van der Waals surface area contributed by atoms with Crippen LogP contribution in [0.1, 0.15) is 17.3 Å². The summed E-state index contributed by atoms with van der Waals surface area (Å²) in [5.41, 5.74) is 2.45. The lowest BCUT2D eigenvalue weighted by atomic mass is 10.1. The van der Waals surface area contributed by atoms with Crippen molar-refractivity contribution in [3.8, 4) is 0 Å². The van der Waals surface area contributed by atoms with E-state index in [0.717, 1.165) is 0 Å². The summed E-state index contributed by atoms with van der Waals surface area (Å²) in [5, 5.41) is 0. The molecule has 0 bridgehead atoms. The van der Waals surface area contributed by atoms with Gasteiger partial charge in [-0.2, -0.15) is 0 Å². The number of piperazine rings is 1. The fourth-order valence-corrected chi connectivity index (χ4v) is 3.54. The fraction of sp³-hybridized carbons (Fsp3) is 0.316. The van der Waals surface area contributed by atoms with Crippen molar-refractivity contribution in [1.82, 2.24) is 19.4 Å². The first-order chi connectivity index (χ1) is 12.6. The van der Waals surface area contributed by atoms with Crippen LogP contribution in [0.4, 0.5) is 10.1 Å². The molecule has 1 aliphatic heterocycles. The Balaban J connectivity index is 1.58. The maximum Gasteiger partial charge on any atom is 0.256 e. The standard InChI is InChI=1S/C19H20FN5O/c1-13-11-24(16-6-4-3-5-15(16)20)9-10-25(13)19(26)14-7-8-21-18-17(14)22-12-23(18)2/h3-8,12-13H,9-11H2,1-2H3. The summed E-state index contributed by atoms with van der Waals surface area (Å²) in [4.78, 5) is 25.5. The van der Waals surface area contributed by atoms with Crippen LogP contribution < -0.4 is 4.90 Å². The molecule has 3 heterocycles. The van der Waals surface area contributed by atoms with E-state index in [4.69, 9.17) is 0 Å². The summed E-state index contributed by atoms with van der Waals surface area (Å²) in [5.74, 6) is -0.291. The van der Waals surface area contributed by atoms with E-state index in [1.165, 1.54) is 6.07 Å². The highest BCUT2D eigenvalue weighted by Gasteiger charge is 2.30. The quantitative estimate of drug-likeness (QED) is 0.710. The van der Waals surface area contributed by atoms with Crippen LogP contribution in [0.15, 0.2) is 42.9 Å². The Morgan fingerprint density at radius 3 is 2.77 bits per heavy atom. The molecule has 26 heavy (non-hydrogen) atoms. The van der Waals surface area contributed by atoms with Crippen LogP contribution in [0.2, 0.25) is 0 Å². The van der Waals surface area contributed by atoms with Gasteiger partial charge in [-0.3, -0.25) is 4.79 Å². The van der Waals surface area contributed by atoms with Crippen LogP contribution in [-0.2, 0) is 7.05 Å². The Bertz CT molecular complexity index is 969. The number of imidazole rings is 1. The van der Waals surface area contributed by atoms with Crippen LogP contribution in [0, 0.1) is 5.82 Å². The van der Waals surface area contributed by atoms with Gasteiger partial charge in [-0.25, -0.2) is 14.4 Å². The SMILES string of the molecule is CC1CN(c2ccccc2F)CCN1C(=O)c1ccnc2c1ncn2C. The molecule has 1 fully saturated rings. The molecule has 1 atom stereocenters. The summed E-state index contributed by atoms with van der Waals surface area (Å²) < 4.78 is 15.9. The molecule has 4 rings (SSSR count). The van der Waals surface area contributed by atoms with E-state index in [1.807, 2.05) is 29.8 Å². The van der Waals surface area contributed by atoms with Crippen LogP contribution in [-0.4, -0.2) is 51.0 Å². The van der Waals surface area contributed by atoms with Crippen molar-refractivity contribution in [2.45, 2.75) is 13.0 Å². The summed E-state index contributed by atoms with van der Waals surface area (Å²) in [7, 11) is 1.85. The number of rotatable bonds is 2. The fourth-order valence-electron chi connectivity index (χ4n) is 3.54. The zero-order valence-corrected chi connectivity index (χ0v) is 14.8. The van der Waals surface area contributed by atoms with E-state index in [1.54, 1.807) is 35.3 Å². The van der Waals surface area contributed by atoms with Crippen LogP contribution >= 0.6 is 0 Å². The Kier molecular flexibility index (Phi) is 4.06. The number of fused-ring (bicyclic) bond motifs is 1. The average molecular weight is 353 g/mol. The van der Waals surface area contributed by atoms with Gasteiger partial charge in [0, 0.05) is 38.9 Å². The van der Waals surface area contributed by atoms with Gasteiger partial charge in [0.05, 0.1) is 17.6 Å². The first-order valence-electron chi connectivity index (χ1n) is 8.62. The molecule has 3 aromatic rings. The summed E-state index contributed by atoms with van der Waals surface area (Å²) >= 11 is 0. The van der Waals surface area contributed by atoms with Gasteiger partial charge >= 0.3 is 0 Å². The number of anilines is 1. The maximum atomic E-state index is 14.1. The Labute approximate surface area is 150 Å². The number of pyridine rings is 1. The van der Waals surface area contributed by atoms with Crippen LogP contribution in [0.25, 0.3) is 11.2 Å². The number of halogens is 1. The molecule has 1 aromatic carbocycles. The molecule has 134 valence electrons. The number of carbonyl (C=O) groups excluding carboxylic acids is 1. The average Bonchev–Trinajstić information content (AvgIpc) is 3.03. The molecular formula is C19H20FN5O. The first kappa shape index (κ1) is 16.5. The molecule has 0 saturated carbocycles. The van der Waals surface area contributed by atoms with Gasteiger partial charge in [0.15, 0.2) is 5.65 Å². The molecule has 0 spiro atoms. The first-order valence-corrected chi connectivity index (χ1v) is 8.62. The lowest BCUT2D eigenvalue weighted by Gasteiger charge is -2.41. The highest BCUT2D eigenvalue weighted by molar-refractivity contribution is 6.04. The molecule has 6 nitrogen and oxygen atoms in total. The van der Waals surface area contributed by atoms with E-state index in [-0.39, 0.29) is 17.8 Å². The summed E-state index contributed by atoms with van der Waals surface area (Å²) in [6.07, 6.45) is 3.30. The number of nitrogens with zero attached hydrogens (tertiary/aromatic N) is 5. The lowest BCUT2D eigenvalue weighted by Crippen LogP contribution is -2.54. The molecule has 0 radical (unpaired) electrons. The minimum atomic E-state index is -0.233. The van der Waals surface area contributed by atoms with E-state index in [9.17, 15) is 9.18 Å². The maximum absolute atomic E-state index is 14.1. The van der Waals surface area contributed by atoms with Crippen molar-refractivity contribution in [2.24, 2.45) is 7.05 Å². The van der Waals surface area contributed by atoms with Crippen LogP contribution in [0.5, 0.6) is 0 Å². The largest absolute Gasteiger partial charge is 0.365 e. The topological polar surface area (TPSA) is 54.3 Å². The molecule has 1 saturated heterocycles. The normalized spacial score (nSPS) is 17.7. The van der Waals surface area contributed by atoms with E-state index in [0.29, 0.717) is 42.0 Å². The van der Waals surface area contributed by atoms with Gasteiger partial charge in [-0.1, -0.05) is 12.1 Å². The second kappa shape index (κ2) is 6.40. The van der Waals surface area contributed by atoms with E-state index < -0.39 is 0 Å². The van der Waals surface area contributed by atoms with E-state index in [2.05, 4.69) is 9.97 Å². The number of benzene rings is 1. The van der Waals surface area contributed by atoms with Gasteiger partial charge < -0.3 is 14.4 Å². The van der Waals surface area contributed by atoms with Gasteiger partial charge in [-0.05, 0) is 25.1 Å². The summed E-state index contributed by atoms with van der Waals surface area (Å²) in [6, 6.07) is 8.43. The Morgan fingerprint density at radius 2 is 2.00 bits per heavy atom. The smallest absolute Gasteiger partial charge is 0.256 e. The number of hydrogen-bond donors (Lipinski definition) is 0. The van der Waals surface area contributed by atoms with Crippen molar-refractivity contribution < 1.29 is 9.18 Å². The second-order valence-electron chi connectivity index (χ2n) is 6.63. The molecule has 7 heteroatoms. The van der Waals surface area contributed by atoms with Crippen LogP contribution in [0.3, 0.4) is 0 Å². The minimum Gasteiger partial charge on any atom is -0.365 e. The molecule has 1 aliphatic rings.